The number of halogens is 1. The van der Waals surface area contributed by atoms with Gasteiger partial charge in [0, 0.05) is 6.92 Å². The molecule has 0 unspecified atom stereocenters. The number of ether oxygens (including phenoxy) is 1. The van der Waals surface area contributed by atoms with Gasteiger partial charge in [0.25, 0.3) is 0 Å². The van der Waals surface area contributed by atoms with Crippen molar-refractivity contribution in [2.24, 2.45) is 0 Å². The predicted molar refractivity (Wildman–Crippen MR) is 114 cm³/mol. The van der Waals surface area contributed by atoms with Crippen molar-refractivity contribution in [1.82, 2.24) is 0 Å². The van der Waals surface area contributed by atoms with Crippen LogP contribution in [0.5, 0.6) is 0 Å². The van der Waals surface area contributed by atoms with Crippen molar-refractivity contribution in [3.8, 4) is 0 Å². The molecule has 0 N–H and O–H groups in total. The van der Waals surface area contributed by atoms with Gasteiger partial charge < -0.3 is 4.74 Å². The highest BCUT2D eigenvalue weighted by Gasteiger charge is 1.93. The zero-order valence-electron chi connectivity index (χ0n) is 16.7. The van der Waals surface area contributed by atoms with Crippen molar-refractivity contribution in [3.05, 3.63) is 114 Å². The largest absolute Gasteiger partial charge is 0.461 e. The molecule has 0 aliphatic heterocycles. The molecule has 0 spiro atoms. The van der Waals surface area contributed by atoms with Crippen LogP contribution in [-0.2, 0) is 16.1 Å². The second-order valence-electron chi connectivity index (χ2n) is 6.18. The van der Waals surface area contributed by atoms with Crippen LogP contribution in [0, 0.1) is 19.7 Å². The Morgan fingerprint density at radius 3 is 1.82 bits per heavy atom. The smallest absolute Gasteiger partial charge is 0.302 e. The van der Waals surface area contributed by atoms with E-state index in [2.05, 4.69) is 37.8 Å². The Labute approximate surface area is 167 Å². The van der Waals surface area contributed by atoms with Gasteiger partial charge in [-0.15, -0.1) is 0 Å². The third-order valence-corrected chi connectivity index (χ3v) is 3.61. The summed E-state index contributed by atoms with van der Waals surface area (Å²) in [6.07, 6.45) is 1.85. The minimum absolute atomic E-state index is 0.171. The Morgan fingerprint density at radius 2 is 1.39 bits per heavy atom. The zero-order chi connectivity index (χ0) is 20.8. The van der Waals surface area contributed by atoms with E-state index in [-0.39, 0.29) is 11.8 Å². The maximum absolute atomic E-state index is 12.1. The summed E-state index contributed by atoms with van der Waals surface area (Å²) in [6, 6.07) is 24.3. The van der Waals surface area contributed by atoms with Crippen LogP contribution in [0.3, 0.4) is 0 Å². The van der Waals surface area contributed by atoms with E-state index in [4.69, 9.17) is 4.74 Å². The monoisotopic (exact) mass is 378 g/mol. The van der Waals surface area contributed by atoms with Crippen molar-refractivity contribution in [3.63, 3.8) is 0 Å². The Balaban J connectivity index is 0.000000213. The Kier molecular flexibility index (Phi) is 10.6. The van der Waals surface area contributed by atoms with Crippen molar-refractivity contribution in [1.29, 1.82) is 0 Å². The lowest BCUT2D eigenvalue weighted by Gasteiger charge is -1.99. The summed E-state index contributed by atoms with van der Waals surface area (Å²) >= 11 is 0. The fraction of sp³-hybridized carbons (Fsp3) is 0.160. The lowest BCUT2D eigenvalue weighted by Crippen LogP contribution is -1.97. The van der Waals surface area contributed by atoms with Crippen LogP contribution in [-0.4, -0.2) is 5.97 Å². The van der Waals surface area contributed by atoms with Crippen LogP contribution < -0.4 is 0 Å². The first-order valence-electron chi connectivity index (χ1n) is 8.99. The molecule has 3 aromatic rings. The van der Waals surface area contributed by atoms with Gasteiger partial charge in [0.1, 0.15) is 12.4 Å². The Morgan fingerprint density at radius 1 is 0.893 bits per heavy atom. The highest BCUT2D eigenvalue weighted by atomic mass is 19.1. The molecule has 28 heavy (non-hydrogen) atoms. The maximum Gasteiger partial charge on any atom is 0.302 e. The quantitative estimate of drug-likeness (QED) is 0.485. The lowest BCUT2D eigenvalue weighted by atomic mass is 10.2. The summed E-state index contributed by atoms with van der Waals surface area (Å²) in [5.41, 5.74) is 4.58. The van der Waals surface area contributed by atoms with E-state index in [1.165, 1.54) is 30.2 Å². The number of carbonyl (C=O) groups excluding carboxylic acids is 1. The van der Waals surface area contributed by atoms with E-state index in [0.717, 1.165) is 11.1 Å². The standard InChI is InChI=1S/C9H10O2.C9H10.C7H7F/c1-8(10)11-7-9-5-3-2-4-6-9;1-3-9-6-4-8(2)5-7-9;1-6-2-4-7(8)5-3-6/h2-6H,7H2,1H3;3-7H,1H2,2H3;2-5H,1H3. The van der Waals surface area contributed by atoms with Gasteiger partial charge in [-0.1, -0.05) is 90.5 Å². The molecule has 0 aliphatic carbocycles. The minimum Gasteiger partial charge on any atom is -0.461 e. The predicted octanol–water partition coefficient (Wildman–Crippen LogP) is 6.52. The minimum atomic E-state index is -0.242. The molecule has 146 valence electrons. The molecule has 3 aromatic carbocycles. The average Bonchev–Trinajstić information content (AvgIpc) is 2.71. The fourth-order valence-corrected chi connectivity index (χ4v) is 1.99. The molecule has 0 atom stereocenters. The third-order valence-electron chi connectivity index (χ3n) is 3.61. The molecular weight excluding hydrogens is 351 g/mol. The number of hydrogen-bond donors (Lipinski definition) is 0. The zero-order valence-corrected chi connectivity index (χ0v) is 16.7. The summed E-state index contributed by atoms with van der Waals surface area (Å²) in [6.45, 7) is 9.44. The van der Waals surface area contributed by atoms with Crippen LogP contribution in [0.2, 0.25) is 0 Å². The molecule has 0 saturated heterocycles. The second kappa shape index (κ2) is 13.0. The number of aryl methyl sites for hydroxylation is 2. The molecular formula is C25H27FO2. The highest BCUT2D eigenvalue weighted by Crippen LogP contribution is 2.03. The molecule has 3 rings (SSSR count). The third kappa shape index (κ3) is 10.7. The van der Waals surface area contributed by atoms with Gasteiger partial charge in [-0.05, 0) is 37.1 Å². The number of hydrogen-bond acceptors (Lipinski definition) is 2. The molecule has 0 fully saturated rings. The van der Waals surface area contributed by atoms with Gasteiger partial charge in [-0.3, -0.25) is 4.79 Å². The van der Waals surface area contributed by atoms with Gasteiger partial charge in [-0.2, -0.15) is 0 Å². The molecule has 2 nitrogen and oxygen atoms in total. The first kappa shape index (κ1) is 22.8. The fourth-order valence-electron chi connectivity index (χ4n) is 1.99. The molecule has 0 saturated carbocycles. The molecule has 0 heterocycles. The van der Waals surface area contributed by atoms with Gasteiger partial charge in [0.05, 0.1) is 0 Å². The van der Waals surface area contributed by atoms with Crippen LogP contribution in [0.1, 0.15) is 29.2 Å². The van der Waals surface area contributed by atoms with Gasteiger partial charge in [0.15, 0.2) is 0 Å². The van der Waals surface area contributed by atoms with E-state index in [1.54, 1.807) is 12.1 Å². The number of benzene rings is 3. The van der Waals surface area contributed by atoms with E-state index >= 15 is 0 Å². The summed E-state index contributed by atoms with van der Waals surface area (Å²) < 4.78 is 16.9. The second-order valence-corrected chi connectivity index (χ2v) is 6.18. The van der Waals surface area contributed by atoms with Crippen LogP contribution >= 0.6 is 0 Å². The topological polar surface area (TPSA) is 26.3 Å². The molecule has 3 heteroatoms. The Bertz CT molecular complexity index is 802. The van der Waals surface area contributed by atoms with E-state index in [1.807, 2.05) is 43.3 Å². The summed E-state index contributed by atoms with van der Waals surface area (Å²) in [5.74, 6) is -0.413. The van der Waals surface area contributed by atoms with Gasteiger partial charge >= 0.3 is 5.97 Å². The molecule has 0 aromatic heterocycles. The lowest BCUT2D eigenvalue weighted by molar-refractivity contribution is -0.142. The van der Waals surface area contributed by atoms with E-state index < -0.39 is 0 Å². The van der Waals surface area contributed by atoms with Crippen LogP contribution in [0.25, 0.3) is 6.08 Å². The summed E-state index contributed by atoms with van der Waals surface area (Å²) in [5, 5.41) is 0. The summed E-state index contributed by atoms with van der Waals surface area (Å²) in [4.78, 5) is 10.4. The Hall–Kier alpha value is -3.20. The van der Waals surface area contributed by atoms with E-state index in [0.29, 0.717) is 6.61 Å². The van der Waals surface area contributed by atoms with E-state index in [9.17, 15) is 9.18 Å². The summed E-state index contributed by atoms with van der Waals surface area (Å²) in [7, 11) is 0. The maximum atomic E-state index is 12.1. The van der Waals surface area contributed by atoms with Gasteiger partial charge in [-0.25, -0.2) is 4.39 Å². The van der Waals surface area contributed by atoms with Crippen molar-refractivity contribution in [2.75, 3.05) is 0 Å². The first-order valence-corrected chi connectivity index (χ1v) is 8.99. The molecule has 0 amide bonds. The van der Waals surface area contributed by atoms with Gasteiger partial charge in [0.2, 0.25) is 0 Å². The SMILES string of the molecule is C=Cc1ccc(C)cc1.CC(=O)OCc1ccccc1.Cc1ccc(F)cc1. The number of esters is 1. The first-order chi connectivity index (χ1) is 13.4. The van der Waals surface area contributed by atoms with Crippen molar-refractivity contribution >= 4 is 12.0 Å². The highest BCUT2D eigenvalue weighted by molar-refractivity contribution is 5.65. The molecule has 0 radical (unpaired) electrons. The molecule has 0 aliphatic rings. The van der Waals surface area contributed by atoms with Crippen molar-refractivity contribution in [2.45, 2.75) is 27.4 Å². The average molecular weight is 378 g/mol. The number of rotatable bonds is 3. The van der Waals surface area contributed by atoms with Crippen molar-refractivity contribution < 1.29 is 13.9 Å². The van der Waals surface area contributed by atoms with Crippen LogP contribution in [0.4, 0.5) is 4.39 Å². The normalized spacial score (nSPS) is 9.14. The molecule has 0 bridgehead atoms. The number of carbonyl (C=O) groups is 1. The van der Waals surface area contributed by atoms with Crippen LogP contribution in [0.15, 0.2) is 85.4 Å².